The van der Waals surface area contributed by atoms with Gasteiger partial charge in [0.05, 0.1) is 13.2 Å². The first-order valence-electron chi connectivity index (χ1n) is 9.58. The van der Waals surface area contributed by atoms with E-state index in [0.717, 1.165) is 25.9 Å². The van der Waals surface area contributed by atoms with Crippen LogP contribution in [-0.4, -0.2) is 43.2 Å². The molecule has 0 unspecified atom stereocenters. The van der Waals surface area contributed by atoms with Crippen molar-refractivity contribution in [3.05, 3.63) is 60.2 Å². The summed E-state index contributed by atoms with van der Waals surface area (Å²) in [5, 5.41) is 0. The van der Waals surface area contributed by atoms with E-state index in [0.29, 0.717) is 30.6 Å². The normalized spacial score (nSPS) is 21.7. The smallest absolute Gasteiger partial charge is 0.267 e. The van der Waals surface area contributed by atoms with Gasteiger partial charge in [-0.25, -0.2) is 0 Å². The van der Waals surface area contributed by atoms with Crippen molar-refractivity contribution in [2.75, 3.05) is 26.3 Å². The molecule has 2 atom stereocenters. The third-order valence-electron chi connectivity index (χ3n) is 5.08. The van der Waals surface area contributed by atoms with Crippen LogP contribution in [0.5, 0.6) is 11.5 Å². The first-order valence-corrected chi connectivity index (χ1v) is 9.58. The van der Waals surface area contributed by atoms with Gasteiger partial charge in [-0.15, -0.1) is 0 Å². The van der Waals surface area contributed by atoms with E-state index >= 15 is 0 Å². The topological polar surface area (TPSA) is 48.0 Å². The van der Waals surface area contributed by atoms with E-state index in [1.165, 1.54) is 5.56 Å². The first kappa shape index (κ1) is 17.9. The standard InChI is InChI=1S/C22H25NO4/c24-22(21-16-26-19-10-4-5-11-20(19)27-21)23-12-6-9-18(13-23)15-25-14-17-7-2-1-3-8-17/h1-5,7-8,10-11,18,21H,6,9,12-16H2/t18-,21-/m0/s1. The molecule has 2 aliphatic heterocycles. The van der Waals surface area contributed by atoms with Crippen LogP contribution in [-0.2, 0) is 16.1 Å². The minimum Gasteiger partial charge on any atom is -0.485 e. The van der Waals surface area contributed by atoms with Gasteiger partial charge in [0.2, 0.25) is 6.10 Å². The molecular weight excluding hydrogens is 342 g/mol. The minimum absolute atomic E-state index is 0.0114. The summed E-state index contributed by atoms with van der Waals surface area (Å²) in [7, 11) is 0. The molecule has 0 bridgehead atoms. The lowest BCUT2D eigenvalue weighted by atomic mass is 9.98. The van der Waals surface area contributed by atoms with Crippen molar-refractivity contribution in [3.8, 4) is 11.5 Å². The van der Waals surface area contributed by atoms with Crippen molar-refractivity contribution in [2.45, 2.75) is 25.6 Å². The average Bonchev–Trinajstić information content (AvgIpc) is 2.74. The predicted molar refractivity (Wildman–Crippen MR) is 102 cm³/mol. The number of carbonyl (C=O) groups is 1. The number of para-hydroxylation sites is 2. The molecule has 2 aromatic carbocycles. The van der Waals surface area contributed by atoms with E-state index in [1.807, 2.05) is 47.4 Å². The highest BCUT2D eigenvalue weighted by Gasteiger charge is 2.33. The van der Waals surface area contributed by atoms with E-state index in [9.17, 15) is 4.79 Å². The number of hydrogen-bond donors (Lipinski definition) is 0. The first-order chi connectivity index (χ1) is 13.3. The van der Waals surface area contributed by atoms with Crippen LogP contribution in [0.1, 0.15) is 18.4 Å². The largest absolute Gasteiger partial charge is 0.485 e. The number of benzene rings is 2. The lowest BCUT2D eigenvalue weighted by Crippen LogP contribution is -2.50. The Morgan fingerprint density at radius 2 is 1.85 bits per heavy atom. The summed E-state index contributed by atoms with van der Waals surface area (Å²) in [6, 6.07) is 17.6. The van der Waals surface area contributed by atoms with Crippen molar-refractivity contribution in [3.63, 3.8) is 0 Å². The maximum Gasteiger partial charge on any atom is 0.267 e. The van der Waals surface area contributed by atoms with Crippen LogP contribution in [0.25, 0.3) is 0 Å². The fourth-order valence-electron chi connectivity index (χ4n) is 3.66. The van der Waals surface area contributed by atoms with Crippen molar-refractivity contribution in [1.29, 1.82) is 0 Å². The molecule has 0 aromatic heterocycles. The van der Waals surface area contributed by atoms with Crippen molar-refractivity contribution >= 4 is 5.91 Å². The number of likely N-dealkylation sites (tertiary alicyclic amines) is 1. The van der Waals surface area contributed by atoms with Crippen LogP contribution in [0.2, 0.25) is 0 Å². The Morgan fingerprint density at radius 1 is 1.07 bits per heavy atom. The molecule has 0 N–H and O–H groups in total. The van der Waals surface area contributed by atoms with Gasteiger partial charge in [0.25, 0.3) is 5.91 Å². The zero-order valence-electron chi connectivity index (χ0n) is 15.4. The summed E-state index contributed by atoms with van der Waals surface area (Å²) in [4.78, 5) is 14.8. The lowest BCUT2D eigenvalue weighted by molar-refractivity contribution is -0.143. The number of amides is 1. The highest BCUT2D eigenvalue weighted by Crippen LogP contribution is 2.31. The predicted octanol–water partition coefficient (Wildman–Crippen LogP) is 3.28. The summed E-state index contributed by atoms with van der Waals surface area (Å²) < 4.78 is 17.5. The molecule has 27 heavy (non-hydrogen) atoms. The molecule has 0 aliphatic carbocycles. The Balaban J connectivity index is 1.28. The molecule has 142 valence electrons. The Hall–Kier alpha value is -2.53. The number of hydrogen-bond acceptors (Lipinski definition) is 4. The Bertz CT molecular complexity index is 764. The van der Waals surface area contributed by atoms with Gasteiger partial charge in [-0.3, -0.25) is 4.79 Å². The molecule has 2 aliphatic rings. The second-order valence-corrected chi connectivity index (χ2v) is 7.16. The molecule has 2 heterocycles. The van der Waals surface area contributed by atoms with Crippen LogP contribution >= 0.6 is 0 Å². The minimum atomic E-state index is -0.566. The van der Waals surface area contributed by atoms with Gasteiger partial charge < -0.3 is 19.1 Å². The fourth-order valence-corrected chi connectivity index (χ4v) is 3.66. The van der Waals surface area contributed by atoms with Crippen LogP contribution in [0.4, 0.5) is 0 Å². The third-order valence-corrected chi connectivity index (χ3v) is 5.08. The van der Waals surface area contributed by atoms with Gasteiger partial charge in [0.1, 0.15) is 6.61 Å². The molecule has 4 rings (SSSR count). The van der Waals surface area contributed by atoms with Crippen molar-refractivity contribution < 1.29 is 19.0 Å². The molecule has 0 spiro atoms. The highest BCUT2D eigenvalue weighted by molar-refractivity contribution is 5.82. The van der Waals surface area contributed by atoms with E-state index in [-0.39, 0.29) is 12.5 Å². The highest BCUT2D eigenvalue weighted by atomic mass is 16.6. The molecule has 5 heteroatoms. The number of ether oxygens (including phenoxy) is 3. The van der Waals surface area contributed by atoms with Gasteiger partial charge in [-0.2, -0.15) is 0 Å². The van der Waals surface area contributed by atoms with Crippen LogP contribution in [0.3, 0.4) is 0 Å². The molecule has 2 aromatic rings. The van der Waals surface area contributed by atoms with Crippen LogP contribution in [0.15, 0.2) is 54.6 Å². The average molecular weight is 367 g/mol. The number of piperidine rings is 1. The van der Waals surface area contributed by atoms with Gasteiger partial charge in [0.15, 0.2) is 11.5 Å². The summed E-state index contributed by atoms with van der Waals surface area (Å²) in [5.41, 5.74) is 1.17. The Morgan fingerprint density at radius 3 is 2.70 bits per heavy atom. The molecular formula is C22H25NO4. The van der Waals surface area contributed by atoms with Crippen LogP contribution in [0, 0.1) is 5.92 Å². The molecule has 0 radical (unpaired) electrons. The van der Waals surface area contributed by atoms with E-state index in [1.54, 1.807) is 0 Å². The number of rotatable bonds is 5. The Labute approximate surface area is 159 Å². The van der Waals surface area contributed by atoms with Gasteiger partial charge >= 0.3 is 0 Å². The van der Waals surface area contributed by atoms with Crippen molar-refractivity contribution in [1.82, 2.24) is 4.90 Å². The SMILES string of the molecule is O=C([C@@H]1COc2ccccc2O1)N1CCC[C@H](COCc2ccccc2)C1. The number of nitrogens with zero attached hydrogens (tertiary/aromatic N) is 1. The zero-order valence-corrected chi connectivity index (χ0v) is 15.4. The van der Waals surface area contributed by atoms with E-state index in [2.05, 4.69) is 12.1 Å². The van der Waals surface area contributed by atoms with Gasteiger partial charge in [-0.05, 0) is 36.5 Å². The second-order valence-electron chi connectivity index (χ2n) is 7.16. The van der Waals surface area contributed by atoms with Crippen LogP contribution < -0.4 is 9.47 Å². The number of carbonyl (C=O) groups excluding carboxylic acids is 1. The van der Waals surface area contributed by atoms with Crippen molar-refractivity contribution in [2.24, 2.45) is 5.92 Å². The zero-order chi connectivity index (χ0) is 18.5. The second kappa shape index (κ2) is 8.44. The summed E-state index contributed by atoms with van der Waals surface area (Å²) in [6.45, 7) is 3.04. The third kappa shape index (κ3) is 4.42. The lowest BCUT2D eigenvalue weighted by Gasteiger charge is -2.36. The summed E-state index contributed by atoms with van der Waals surface area (Å²) >= 11 is 0. The quantitative estimate of drug-likeness (QED) is 0.814. The maximum atomic E-state index is 12.9. The van der Waals surface area contributed by atoms with E-state index < -0.39 is 6.10 Å². The molecule has 5 nitrogen and oxygen atoms in total. The van der Waals surface area contributed by atoms with E-state index in [4.69, 9.17) is 14.2 Å². The van der Waals surface area contributed by atoms with Gasteiger partial charge in [-0.1, -0.05) is 42.5 Å². The summed E-state index contributed by atoms with van der Waals surface area (Å²) in [6.07, 6.45) is 1.52. The summed E-state index contributed by atoms with van der Waals surface area (Å²) in [5.74, 6) is 1.72. The molecule has 1 saturated heterocycles. The molecule has 1 amide bonds. The fraction of sp³-hybridized carbons (Fsp3) is 0.409. The molecule has 1 fully saturated rings. The number of fused-ring (bicyclic) bond motifs is 1. The Kier molecular flexibility index (Phi) is 5.58. The monoisotopic (exact) mass is 367 g/mol. The molecule has 0 saturated carbocycles. The maximum absolute atomic E-state index is 12.9. The van der Waals surface area contributed by atoms with Gasteiger partial charge in [0, 0.05) is 13.1 Å².